The molecular formula is C19H21ClN2O2. The van der Waals surface area contributed by atoms with Crippen LogP contribution in [0, 0.1) is 13.8 Å². The molecule has 0 saturated carbocycles. The van der Waals surface area contributed by atoms with Crippen LogP contribution in [0.3, 0.4) is 0 Å². The van der Waals surface area contributed by atoms with Gasteiger partial charge in [0, 0.05) is 23.8 Å². The normalized spacial score (nSPS) is 13.5. The molecule has 1 aliphatic rings. The molecule has 0 spiro atoms. The number of nitrogens with zero attached hydrogens (tertiary/aromatic N) is 1. The predicted molar refractivity (Wildman–Crippen MR) is 96.4 cm³/mol. The lowest BCUT2D eigenvalue weighted by atomic mass is 9.99. The summed E-state index contributed by atoms with van der Waals surface area (Å²) < 4.78 is 5.67. The molecule has 4 nitrogen and oxygen atoms in total. The molecule has 1 heterocycles. The van der Waals surface area contributed by atoms with E-state index in [4.69, 9.17) is 22.1 Å². The lowest BCUT2D eigenvalue weighted by Gasteiger charge is -2.29. The van der Waals surface area contributed by atoms with Crippen molar-refractivity contribution < 1.29 is 9.53 Å². The zero-order valence-electron chi connectivity index (χ0n) is 13.9. The third kappa shape index (κ3) is 3.49. The van der Waals surface area contributed by atoms with Crippen molar-refractivity contribution in [3.05, 3.63) is 57.6 Å². The minimum atomic E-state index is -0.0201. The molecule has 2 N–H and O–H groups in total. The first kappa shape index (κ1) is 16.7. The van der Waals surface area contributed by atoms with E-state index in [9.17, 15) is 4.79 Å². The summed E-state index contributed by atoms with van der Waals surface area (Å²) in [6, 6.07) is 9.61. The molecule has 2 aromatic carbocycles. The van der Waals surface area contributed by atoms with Gasteiger partial charge in [0.25, 0.3) is 5.91 Å². The third-order valence-corrected chi connectivity index (χ3v) is 4.96. The number of benzene rings is 2. The van der Waals surface area contributed by atoms with Crippen molar-refractivity contribution in [2.45, 2.75) is 26.8 Å². The fourth-order valence-electron chi connectivity index (χ4n) is 3.02. The molecule has 0 bridgehead atoms. The van der Waals surface area contributed by atoms with E-state index in [0.29, 0.717) is 18.8 Å². The van der Waals surface area contributed by atoms with Crippen molar-refractivity contribution in [3.63, 3.8) is 0 Å². The van der Waals surface area contributed by atoms with E-state index in [-0.39, 0.29) is 12.5 Å². The number of rotatable bonds is 3. The van der Waals surface area contributed by atoms with Crippen molar-refractivity contribution in [1.82, 2.24) is 4.90 Å². The number of anilines is 1. The van der Waals surface area contributed by atoms with Gasteiger partial charge in [0.1, 0.15) is 5.75 Å². The number of carbonyl (C=O) groups excluding carboxylic acids is 1. The Hall–Kier alpha value is -2.20. The van der Waals surface area contributed by atoms with E-state index in [1.165, 1.54) is 5.56 Å². The second kappa shape index (κ2) is 6.73. The summed E-state index contributed by atoms with van der Waals surface area (Å²) >= 11 is 6.15. The van der Waals surface area contributed by atoms with Crippen LogP contribution < -0.4 is 10.5 Å². The Labute approximate surface area is 147 Å². The van der Waals surface area contributed by atoms with Crippen LogP contribution in [0.15, 0.2) is 30.3 Å². The molecule has 1 amide bonds. The average molecular weight is 345 g/mol. The standard InChI is InChI=1S/C19H21ClN2O2/c1-12-7-17(8-13(2)19(12)20)24-11-18(23)22-6-5-14-3-4-16(21)9-15(14)10-22/h3-4,7-9H,5-6,10-11,21H2,1-2H3. The van der Waals surface area contributed by atoms with Crippen LogP contribution in [0.1, 0.15) is 22.3 Å². The van der Waals surface area contributed by atoms with Crippen LogP contribution in [0.25, 0.3) is 0 Å². The zero-order chi connectivity index (χ0) is 17.3. The molecule has 0 saturated heterocycles. The van der Waals surface area contributed by atoms with Crippen LogP contribution in [0.4, 0.5) is 5.69 Å². The molecule has 0 atom stereocenters. The highest BCUT2D eigenvalue weighted by Gasteiger charge is 2.21. The Morgan fingerprint density at radius 3 is 2.62 bits per heavy atom. The summed E-state index contributed by atoms with van der Waals surface area (Å²) in [5, 5.41) is 0.735. The molecule has 0 aliphatic carbocycles. The summed E-state index contributed by atoms with van der Waals surface area (Å²) in [7, 11) is 0. The minimum absolute atomic E-state index is 0.0201. The van der Waals surface area contributed by atoms with E-state index >= 15 is 0 Å². The van der Waals surface area contributed by atoms with Gasteiger partial charge in [-0.05, 0) is 66.8 Å². The number of hydrogen-bond donors (Lipinski definition) is 1. The summed E-state index contributed by atoms with van der Waals surface area (Å²) in [6.45, 7) is 5.17. The fraction of sp³-hybridized carbons (Fsp3) is 0.316. The number of nitrogen functional groups attached to an aromatic ring is 1. The van der Waals surface area contributed by atoms with Crippen molar-refractivity contribution in [3.8, 4) is 5.75 Å². The lowest BCUT2D eigenvalue weighted by Crippen LogP contribution is -2.38. The Bertz CT molecular complexity index is 766. The van der Waals surface area contributed by atoms with Crippen molar-refractivity contribution in [2.24, 2.45) is 0 Å². The van der Waals surface area contributed by atoms with E-state index in [2.05, 4.69) is 0 Å². The van der Waals surface area contributed by atoms with Gasteiger partial charge >= 0.3 is 0 Å². The van der Waals surface area contributed by atoms with Gasteiger partial charge in [-0.3, -0.25) is 4.79 Å². The summed E-state index contributed by atoms with van der Waals surface area (Å²) in [5.74, 6) is 0.651. The van der Waals surface area contributed by atoms with Gasteiger partial charge in [-0.15, -0.1) is 0 Å². The number of nitrogens with two attached hydrogens (primary N) is 1. The Balaban J connectivity index is 1.64. The van der Waals surface area contributed by atoms with E-state index in [1.54, 1.807) is 0 Å². The van der Waals surface area contributed by atoms with Crippen LogP contribution in [-0.2, 0) is 17.8 Å². The monoisotopic (exact) mass is 344 g/mol. The molecule has 24 heavy (non-hydrogen) atoms. The average Bonchev–Trinajstić information content (AvgIpc) is 2.56. The number of amides is 1. The molecular weight excluding hydrogens is 324 g/mol. The van der Waals surface area contributed by atoms with Gasteiger partial charge in [0.15, 0.2) is 6.61 Å². The number of aryl methyl sites for hydroxylation is 2. The zero-order valence-corrected chi connectivity index (χ0v) is 14.7. The number of halogens is 1. The molecule has 0 fully saturated rings. The van der Waals surface area contributed by atoms with Crippen LogP contribution in [0.2, 0.25) is 5.02 Å². The summed E-state index contributed by atoms with van der Waals surface area (Å²) in [6.07, 6.45) is 0.848. The number of carbonyl (C=O) groups is 1. The molecule has 2 aromatic rings. The minimum Gasteiger partial charge on any atom is -0.484 e. The quantitative estimate of drug-likeness (QED) is 0.867. The first-order chi connectivity index (χ1) is 11.4. The Kier molecular flexibility index (Phi) is 4.67. The fourth-order valence-corrected chi connectivity index (χ4v) is 3.12. The van der Waals surface area contributed by atoms with Gasteiger partial charge in [-0.1, -0.05) is 17.7 Å². The molecule has 126 valence electrons. The van der Waals surface area contributed by atoms with Crippen LogP contribution in [-0.4, -0.2) is 24.0 Å². The third-order valence-electron chi connectivity index (χ3n) is 4.37. The van der Waals surface area contributed by atoms with Gasteiger partial charge in [0.05, 0.1) is 0 Å². The second-order valence-corrected chi connectivity index (χ2v) is 6.63. The van der Waals surface area contributed by atoms with Crippen LogP contribution in [0.5, 0.6) is 5.75 Å². The second-order valence-electron chi connectivity index (χ2n) is 6.25. The molecule has 0 radical (unpaired) electrons. The highest BCUT2D eigenvalue weighted by atomic mass is 35.5. The highest BCUT2D eigenvalue weighted by Crippen LogP contribution is 2.26. The molecule has 1 aliphatic heterocycles. The van der Waals surface area contributed by atoms with Crippen molar-refractivity contribution >= 4 is 23.2 Å². The largest absolute Gasteiger partial charge is 0.484 e. The topological polar surface area (TPSA) is 55.6 Å². The van der Waals surface area contributed by atoms with E-state index in [1.807, 2.05) is 49.1 Å². The number of hydrogen-bond acceptors (Lipinski definition) is 3. The maximum atomic E-state index is 12.4. The molecule has 3 rings (SSSR count). The van der Waals surface area contributed by atoms with Gasteiger partial charge < -0.3 is 15.4 Å². The molecule has 5 heteroatoms. The summed E-state index contributed by atoms with van der Waals surface area (Å²) in [5.41, 5.74) is 10.8. The van der Waals surface area contributed by atoms with Crippen LogP contribution >= 0.6 is 11.6 Å². The van der Waals surface area contributed by atoms with Crippen molar-refractivity contribution in [1.29, 1.82) is 0 Å². The highest BCUT2D eigenvalue weighted by molar-refractivity contribution is 6.32. The maximum Gasteiger partial charge on any atom is 0.260 e. The molecule has 0 aromatic heterocycles. The number of fused-ring (bicyclic) bond motifs is 1. The smallest absolute Gasteiger partial charge is 0.260 e. The molecule has 0 unspecified atom stereocenters. The SMILES string of the molecule is Cc1cc(OCC(=O)N2CCc3ccc(N)cc3C2)cc(C)c1Cl. The van der Waals surface area contributed by atoms with Gasteiger partial charge in [0.2, 0.25) is 0 Å². The van der Waals surface area contributed by atoms with Crippen molar-refractivity contribution in [2.75, 3.05) is 18.9 Å². The van der Waals surface area contributed by atoms with Gasteiger partial charge in [-0.25, -0.2) is 0 Å². The Morgan fingerprint density at radius 2 is 1.92 bits per heavy atom. The first-order valence-corrected chi connectivity index (χ1v) is 8.36. The Morgan fingerprint density at radius 1 is 1.21 bits per heavy atom. The van der Waals surface area contributed by atoms with E-state index in [0.717, 1.165) is 33.8 Å². The predicted octanol–water partition coefficient (Wildman–Crippen LogP) is 3.50. The number of ether oxygens (including phenoxy) is 1. The van der Waals surface area contributed by atoms with E-state index < -0.39 is 0 Å². The lowest BCUT2D eigenvalue weighted by molar-refractivity contribution is -0.134. The summed E-state index contributed by atoms with van der Waals surface area (Å²) in [4.78, 5) is 14.3. The first-order valence-electron chi connectivity index (χ1n) is 7.98. The maximum absolute atomic E-state index is 12.4. The van der Waals surface area contributed by atoms with Gasteiger partial charge in [-0.2, -0.15) is 0 Å².